The van der Waals surface area contributed by atoms with Gasteiger partial charge < -0.3 is 32.8 Å². The van der Waals surface area contributed by atoms with E-state index in [9.17, 15) is 24.5 Å². The highest BCUT2D eigenvalue weighted by atomic mass is 16.8. The number of nitro groups is 1. The van der Waals surface area contributed by atoms with E-state index in [2.05, 4.69) is 0 Å². The van der Waals surface area contributed by atoms with Crippen molar-refractivity contribution in [1.82, 2.24) is 0 Å². The molecule has 13 heteroatoms. The van der Waals surface area contributed by atoms with Crippen molar-refractivity contribution in [2.75, 3.05) is 6.61 Å². The average Bonchev–Trinajstić information content (AvgIpc) is 3.13. The third kappa shape index (κ3) is 4.75. The van der Waals surface area contributed by atoms with Gasteiger partial charge in [0.1, 0.15) is 17.1 Å². The summed E-state index contributed by atoms with van der Waals surface area (Å²) in [5.41, 5.74) is 0. The number of carbonyl (C=O) groups is 3. The van der Waals surface area contributed by atoms with Crippen LogP contribution < -0.4 is 0 Å². The molecule has 6 atom stereocenters. The lowest BCUT2D eigenvalue weighted by molar-refractivity contribution is -0.404. The molecule has 2 unspecified atom stereocenters. The number of nitrogens with zero attached hydrogens (tertiary/aromatic N) is 1. The Hall–Kier alpha value is -3.03. The molecule has 3 rings (SSSR count). The number of fused-ring (bicyclic) bond motifs is 1. The van der Waals surface area contributed by atoms with Crippen LogP contribution in [0.4, 0.5) is 5.88 Å². The first-order valence-electron chi connectivity index (χ1n) is 8.84. The van der Waals surface area contributed by atoms with Gasteiger partial charge in [0.15, 0.2) is 11.9 Å². The van der Waals surface area contributed by atoms with E-state index in [-0.39, 0.29) is 12.4 Å². The van der Waals surface area contributed by atoms with Crippen molar-refractivity contribution < 1.29 is 52.1 Å². The molecule has 2 aliphatic rings. The number of hydrogen-bond donors (Lipinski definition) is 0. The molecule has 0 radical (unpaired) electrons. The van der Waals surface area contributed by atoms with Gasteiger partial charge in [0, 0.05) is 20.8 Å². The maximum Gasteiger partial charge on any atom is 0.433 e. The van der Waals surface area contributed by atoms with Gasteiger partial charge in [0.25, 0.3) is 0 Å². The van der Waals surface area contributed by atoms with Gasteiger partial charge in [-0.3, -0.25) is 24.5 Å². The molecule has 30 heavy (non-hydrogen) atoms. The molecular weight excluding hydrogens is 410 g/mol. The van der Waals surface area contributed by atoms with Crippen LogP contribution in [0, 0.1) is 10.1 Å². The van der Waals surface area contributed by atoms with Crippen molar-refractivity contribution in [2.24, 2.45) is 0 Å². The van der Waals surface area contributed by atoms with E-state index >= 15 is 0 Å². The molecule has 0 saturated carbocycles. The Bertz CT molecular complexity index is 834. The van der Waals surface area contributed by atoms with Crippen LogP contribution in [-0.4, -0.2) is 60.1 Å². The monoisotopic (exact) mass is 429 g/mol. The number of rotatable bonds is 5. The molecule has 0 bridgehead atoms. The summed E-state index contributed by atoms with van der Waals surface area (Å²) in [5, 5.41) is 10.8. The van der Waals surface area contributed by atoms with Crippen molar-refractivity contribution in [3.63, 3.8) is 0 Å². The molecule has 0 aromatic carbocycles. The minimum Gasteiger partial charge on any atom is -0.455 e. The molecule has 2 saturated heterocycles. The first-order chi connectivity index (χ1) is 14.2. The van der Waals surface area contributed by atoms with Gasteiger partial charge >= 0.3 is 23.8 Å². The van der Waals surface area contributed by atoms with Crippen molar-refractivity contribution in [1.29, 1.82) is 0 Å². The van der Waals surface area contributed by atoms with E-state index in [0.717, 1.165) is 26.8 Å². The lowest BCUT2D eigenvalue weighted by atomic mass is 9.97. The third-order valence-electron chi connectivity index (χ3n) is 4.19. The highest BCUT2D eigenvalue weighted by Crippen LogP contribution is 2.37. The standard InChI is InChI=1S/C17H19NO12/c1-7(19)25-14-13-11(29-17(27-9(3)21)15(14)26-8(2)20)6-24-16(30-13)10-4-5-12(28-10)18(22)23/h4-5,11,13-17H,6H2,1-3H3/t11-,13+,14+,15-,16?,17?/m1/s1. The van der Waals surface area contributed by atoms with Crippen molar-refractivity contribution in [3.8, 4) is 0 Å². The van der Waals surface area contributed by atoms with E-state index in [1.54, 1.807) is 0 Å². The van der Waals surface area contributed by atoms with Gasteiger partial charge in [-0.1, -0.05) is 0 Å². The van der Waals surface area contributed by atoms with Crippen molar-refractivity contribution in [3.05, 3.63) is 28.0 Å². The van der Waals surface area contributed by atoms with E-state index in [1.807, 2.05) is 0 Å². The summed E-state index contributed by atoms with van der Waals surface area (Å²) < 4.78 is 37.6. The van der Waals surface area contributed by atoms with E-state index in [1.165, 1.54) is 6.07 Å². The predicted molar refractivity (Wildman–Crippen MR) is 90.5 cm³/mol. The van der Waals surface area contributed by atoms with Gasteiger partial charge in [-0.2, -0.15) is 0 Å². The maximum absolute atomic E-state index is 11.7. The molecule has 1 aromatic rings. The highest BCUT2D eigenvalue weighted by Gasteiger charge is 2.55. The molecule has 2 fully saturated rings. The number of furan rings is 1. The molecule has 164 valence electrons. The van der Waals surface area contributed by atoms with Crippen molar-refractivity contribution in [2.45, 2.75) is 57.8 Å². The third-order valence-corrected chi connectivity index (χ3v) is 4.19. The second kappa shape index (κ2) is 8.77. The minimum absolute atomic E-state index is 0.00729. The minimum atomic E-state index is -1.37. The predicted octanol–water partition coefficient (Wildman–Crippen LogP) is 0.753. The Morgan fingerprint density at radius 3 is 2.20 bits per heavy atom. The van der Waals surface area contributed by atoms with Crippen LogP contribution in [0.1, 0.15) is 32.8 Å². The Balaban J connectivity index is 1.88. The molecule has 0 N–H and O–H groups in total. The van der Waals surface area contributed by atoms with E-state index in [0.29, 0.717) is 0 Å². The van der Waals surface area contributed by atoms with E-state index < -0.39 is 65.7 Å². The molecule has 1 aromatic heterocycles. The lowest BCUT2D eigenvalue weighted by Crippen LogP contribution is -2.64. The Kier molecular flexibility index (Phi) is 6.34. The molecule has 0 amide bonds. The van der Waals surface area contributed by atoms with Crippen LogP contribution in [0.3, 0.4) is 0 Å². The molecule has 0 aliphatic carbocycles. The normalized spacial score (nSPS) is 30.6. The first kappa shape index (κ1) is 21.7. The maximum atomic E-state index is 11.7. The summed E-state index contributed by atoms with van der Waals surface area (Å²) in [7, 11) is 0. The van der Waals surface area contributed by atoms with Gasteiger partial charge in [-0.25, -0.2) is 0 Å². The quantitative estimate of drug-likeness (QED) is 0.280. The fraction of sp³-hybridized carbons (Fsp3) is 0.588. The lowest BCUT2D eigenvalue weighted by Gasteiger charge is -2.47. The summed E-state index contributed by atoms with van der Waals surface area (Å²) in [5.74, 6) is -2.66. The molecular formula is C17H19NO12. The fourth-order valence-corrected chi connectivity index (χ4v) is 3.16. The summed E-state index contributed by atoms with van der Waals surface area (Å²) in [4.78, 5) is 44.8. The summed E-state index contributed by atoms with van der Waals surface area (Å²) in [6.45, 7) is 3.28. The Morgan fingerprint density at radius 1 is 1.00 bits per heavy atom. The summed E-state index contributed by atoms with van der Waals surface area (Å²) in [6.07, 6.45) is -6.97. The second-order valence-electron chi connectivity index (χ2n) is 6.50. The number of ether oxygens (including phenoxy) is 6. The number of carbonyl (C=O) groups excluding carboxylic acids is 3. The van der Waals surface area contributed by atoms with Crippen LogP contribution in [0.5, 0.6) is 0 Å². The zero-order valence-electron chi connectivity index (χ0n) is 16.2. The fourth-order valence-electron chi connectivity index (χ4n) is 3.16. The topological polar surface area (TPSA) is 163 Å². The second-order valence-corrected chi connectivity index (χ2v) is 6.50. The van der Waals surface area contributed by atoms with Gasteiger partial charge in [-0.15, -0.1) is 0 Å². The van der Waals surface area contributed by atoms with Crippen LogP contribution in [-0.2, 0) is 42.8 Å². The number of esters is 3. The SMILES string of the molecule is CC(=O)OC1O[C@@H]2COC(c3ccc([N+](=O)[O-])o3)O[C@@H]2[C@H](OC(C)=O)[C@H]1OC(C)=O. The van der Waals surface area contributed by atoms with E-state index in [4.69, 9.17) is 32.8 Å². The largest absolute Gasteiger partial charge is 0.455 e. The van der Waals surface area contributed by atoms with Crippen LogP contribution >= 0.6 is 0 Å². The molecule has 2 aliphatic heterocycles. The summed E-state index contributed by atoms with van der Waals surface area (Å²) in [6, 6.07) is 2.44. The van der Waals surface area contributed by atoms with Gasteiger partial charge in [0.2, 0.25) is 18.7 Å². The molecule has 0 spiro atoms. The Labute approximate surface area is 169 Å². The summed E-state index contributed by atoms with van der Waals surface area (Å²) >= 11 is 0. The molecule has 13 nitrogen and oxygen atoms in total. The first-order valence-corrected chi connectivity index (χ1v) is 8.84. The van der Waals surface area contributed by atoms with Crippen LogP contribution in [0.15, 0.2) is 16.5 Å². The number of hydrogen-bond acceptors (Lipinski definition) is 12. The van der Waals surface area contributed by atoms with Crippen LogP contribution in [0.2, 0.25) is 0 Å². The van der Waals surface area contributed by atoms with Crippen molar-refractivity contribution >= 4 is 23.8 Å². The zero-order valence-corrected chi connectivity index (χ0v) is 16.2. The van der Waals surface area contributed by atoms with Gasteiger partial charge in [0.05, 0.1) is 12.7 Å². The zero-order chi connectivity index (χ0) is 22.0. The van der Waals surface area contributed by atoms with Gasteiger partial charge in [-0.05, 0) is 6.07 Å². The average molecular weight is 429 g/mol. The Morgan fingerprint density at radius 2 is 1.63 bits per heavy atom. The highest BCUT2D eigenvalue weighted by molar-refractivity contribution is 5.68. The van der Waals surface area contributed by atoms with Crippen LogP contribution in [0.25, 0.3) is 0 Å². The smallest absolute Gasteiger partial charge is 0.433 e. The molecule has 3 heterocycles.